The number of alkyl halides is 2. The molecule has 0 aliphatic carbocycles. The van der Waals surface area contributed by atoms with Crippen molar-refractivity contribution in [3.05, 3.63) is 59.7 Å². The first-order chi connectivity index (χ1) is 12.3. The molecule has 0 aromatic heterocycles. The maximum atomic E-state index is 12.4. The minimum absolute atomic E-state index is 0.0187. The number of amides is 2. The average Bonchev–Trinajstić information content (AvgIpc) is 2.56. The first-order valence-electron chi connectivity index (χ1n) is 7.76. The summed E-state index contributed by atoms with van der Waals surface area (Å²) in [5, 5.41) is 5.32. The summed E-state index contributed by atoms with van der Waals surface area (Å²) in [6.45, 7) is 0.279. The van der Waals surface area contributed by atoms with E-state index in [1.165, 1.54) is 25.1 Å². The summed E-state index contributed by atoms with van der Waals surface area (Å²) >= 11 is 0. The molecule has 0 heterocycles. The Morgan fingerprint density at radius 3 is 2.54 bits per heavy atom. The summed E-state index contributed by atoms with van der Waals surface area (Å²) in [7, 11) is 0. The predicted molar refractivity (Wildman–Crippen MR) is 96.2 cm³/mol. The Bertz CT molecular complexity index is 835. The molecule has 2 aromatic rings. The van der Waals surface area contributed by atoms with Crippen molar-refractivity contribution in [1.82, 2.24) is 0 Å². The number of benzene rings is 2. The minimum atomic E-state index is -2.95. The fourth-order valence-corrected chi connectivity index (χ4v) is 2.19. The number of hydrogen-bond donors (Lipinski definition) is 2. The third-order valence-electron chi connectivity index (χ3n) is 3.37. The molecule has 0 aliphatic rings. The van der Waals surface area contributed by atoms with Gasteiger partial charge < -0.3 is 15.4 Å². The number of para-hydroxylation sites is 1. The van der Waals surface area contributed by atoms with Gasteiger partial charge in [0.25, 0.3) is 0 Å². The van der Waals surface area contributed by atoms with Gasteiger partial charge in [0.05, 0.1) is 0 Å². The van der Waals surface area contributed by atoms with Crippen LogP contribution in [0.5, 0.6) is 5.75 Å². The molecule has 0 fully saturated rings. The maximum absolute atomic E-state index is 12.4. The summed E-state index contributed by atoms with van der Waals surface area (Å²) < 4.78 is 29.2. The van der Waals surface area contributed by atoms with Crippen LogP contribution in [0.1, 0.15) is 18.1 Å². The van der Waals surface area contributed by atoms with Gasteiger partial charge in [0, 0.05) is 29.9 Å². The quantitative estimate of drug-likeness (QED) is 0.759. The molecule has 0 radical (unpaired) electrons. The van der Waals surface area contributed by atoms with E-state index in [1.54, 1.807) is 36.4 Å². The van der Waals surface area contributed by atoms with Gasteiger partial charge in [-0.2, -0.15) is 8.78 Å². The van der Waals surface area contributed by atoms with Crippen LogP contribution < -0.4 is 15.4 Å². The summed E-state index contributed by atoms with van der Waals surface area (Å²) in [6, 6.07) is 11.2. The van der Waals surface area contributed by atoms with Crippen LogP contribution in [-0.2, 0) is 9.59 Å². The second-order valence-electron chi connectivity index (χ2n) is 5.45. The molecule has 2 rings (SSSR count). The Morgan fingerprint density at radius 1 is 1.12 bits per heavy atom. The molecule has 136 valence electrons. The molecule has 7 heteroatoms. The van der Waals surface area contributed by atoms with Gasteiger partial charge in [-0.1, -0.05) is 24.3 Å². The van der Waals surface area contributed by atoms with Gasteiger partial charge in [-0.3, -0.25) is 9.59 Å². The largest absolute Gasteiger partial charge is 0.434 e. The molecule has 0 bridgehead atoms. The van der Waals surface area contributed by atoms with Gasteiger partial charge in [-0.15, -0.1) is 0 Å². The number of aryl methyl sites for hydroxylation is 1. The van der Waals surface area contributed by atoms with E-state index in [-0.39, 0.29) is 11.7 Å². The lowest BCUT2D eigenvalue weighted by Crippen LogP contribution is -2.10. The van der Waals surface area contributed by atoms with E-state index in [9.17, 15) is 18.4 Å². The van der Waals surface area contributed by atoms with Crippen molar-refractivity contribution in [3.8, 4) is 5.75 Å². The summed E-state index contributed by atoms with van der Waals surface area (Å²) in [5.74, 6) is -0.684. The SMILES string of the molecule is CC(=O)Nc1cc(NC(=O)/C=C/c2ccccc2OC(F)F)ccc1C. The number of nitrogens with one attached hydrogen (secondary N) is 2. The number of halogens is 2. The van der Waals surface area contributed by atoms with Crippen molar-refractivity contribution in [2.24, 2.45) is 0 Å². The van der Waals surface area contributed by atoms with Crippen LogP contribution in [0.25, 0.3) is 6.08 Å². The van der Waals surface area contributed by atoms with Crippen LogP contribution in [-0.4, -0.2) is 18.4 Å². The second kappa shape index (κ2) is 8.75. The Hall–Kier alpha value is -3.22. The van der Waals surface area contributed by atoms with E-state index in [0.717, 1.165) is 5.56 Å². The number of rotatable bonds is 6. The first kappa shape index (κ1) is 19.1. The fraction of sp³-hybridized carbons (Fsp3) is 0.158. The van der Waals surface area contributed by atoms with E-state index in [4.69, 9.17) is 0 Å². The molecule has 0 unspecified atom stereocenters. The number of carbonyl (C=O) groups excluding carboxylic acids is 2. The number of ether oxygens (including phenoxy) is 1. The standard InChI is InChI=1S/C19H18F2N2O3/c1-12-7-9-15(11-16(12)22-13(2)24)23-18(25)10-8-14-5-3-4-6-17(14)26-19(20)21/h3-11,19H,1-2H3,(H,22,24)(H,23,25)/b10-8+. The van der Waals surface area contributed by atoms with Crippen molar-refractivity contribution >= 4 is 29.3 Å². The Kier molecular flexibility index (Phi) is 6.43. The molecule has 5 nitrogen and oxygen atoms in total. The highest BCUT2D eigenvalue weighted by molar-refractivity contribution is 6.02. The van der Waals surface area contributed by atoms with Crippen LogP contribution in [0.4, 0.5) is 20.2 Å². The molecule has 2 N–H and O–H groups in total. The molecular weight excluding hydrogens is 342 g/mol. The molecule has 2 amide bonds. The molecule has 0 saturated carbocycles. The van der Waals surface area contributed by atoms with Crippen molar-refractivity contribution in [2.75, 3.05) is 10.6 Å². The Morgan fingerprint density at radius 2 is 1.85 bits per heavy atom. The zero-order valence-electron chi connectivity index (χ0n) is 14.3. The predicted octanol–water partition coefficient (Wildman–Crippen LogP) is 4.21. The van der Waals surface area contributed by atoms with Gasteiger partial charge >= 0.3 is 6.61 Å². The topological polar surface area (TPSA) is 67.4 Å². The minimum Gasteiger partial charge on any atom is -0.434 e. The smallest absolute Gasteiger partial charge is 0.387 e. The number of anilines is 2. The van der Waals surface area contributed by atoms with Crippen molar-refractivity contribution in [2.45, 2.75) is 20.5 Å². The Labute approximate surface area is 149 Å². The van der Waals surface area contributed by atoms with E-state index in [1.807, 2.05) is 6.92 Å². The molecule has 0 atom stereocenters. The molecular formula is C19H18F2N2O3. The van der Waals surface area contributed by atoms with E-state index in [2.05, 4.69) is 15.4 Å². The zero-order valence-corrected chi connectivity index (χ0v) is 14.3. The van der Waals surface area contributed by atoms with Crippen LogP contribution in [0.3, 0.4) is 0 Å². The van der Waals surface area contributed by atoms with E-state index < -0.39 is 12.5 Å². The lowest BCUT2D eigenvalue weighted by Gasteiger charge is -2.10. The highest BCUT2D eigenvalue weighted by Gasteiger charge is 2.08. The lowest BCUT2D eigenvalue weighted by molar-refractivity contribution is -0.114. The van der Waals surface area contributed by atoms with E-state index in [0.29, 0.717) is 16.9 Å². The average molecular weight is 360 g/mol. The number of hydrogen-bond acceptors (Lipinski definition) is 3. The molecule has 0 saturated heterocycles. The highest BCUT2D eigenvalue weighted by Crippen LogP contribution is 2.22. The maximum Gasteiger partial charge on any atom is 0.387 e. The van der Waals surface area contributed by atoms with Crippen LogP contribution in [0, 0.1) is 6.92 Å². The molecule has 0 aliphatic heterocycles. The van der Waals surface area contributed by atoms with Crippen molar-refractivity contribution < 1.29 is 23.1 Å². The van der Waals surface area contributed by atoms with Gasteiger partial charge in [0.15, 0.2) is 0 Å². The van der Waals surface area contributed by atoms with Crippen LogP contribution >= 0.6 is 0 Å². The lowest BCUT2D eigenvalue weighted by atomic mass is 10.1. The number of carbonyl (C=O) groups is 2. The van der Waals surface area contributed by atoms with Gasteiger partial charge in [-0.05, 0) is 36.8 Å². The van der Waals surface area contributed by atoms with Crippen molar-refractivity contribution in [3.63, 3.8) is 0 Å². The molecule has 26 heavy (non-hydrogen) atoms. The zero-order chi connectivity index (χ0) is 19.1. The normalized spacial score (nSPS) is 10.8. The third kappa shape index (κ3) is 5.70. The molecule has 0 spiro atoms. The summed E-state index contributed by atoms with van der Waals surface area (Å²) in [6.07, 6.45) is 2.60. The van der Waals surface area contributed by atoms with Gasteiger partial charge in [0.1, 0.15) is 5.75 Å². The van der Waals surface area contributed by atoms with Crippen LogP contribution in [0.2, 0.25) is 0 Å². The molecule has 2 aromatic carbocycles. The summed E-state index contributed by atoms with van der Waals surface area (Å²) in [5.41, 5.74) is 2.29. The van der Waals surface area contributed by atoms with Crippen LogP contribution in [0.15, 0.2) is 48.5 Å². The summed E-state index contributed by atoms with van der Waals surface area (Å²) in [4.78, 5) is 23.3. The van der Waals surface area contributed by atoms with Gasteiger partial charge in [0.2, 0.25) is 11.8 Å². The van der Waals surface area contributed by atoms with Gasteiger partial charge in [-0.25, -0.2) is 0 Å². The Balaban J connectivity index is 2.10. The second-order valence-corrected chi connectivity index (χ2v) is 5.45. The van der Waals surface area contributed by atoms with Crippen molar-refractivity contribution in [1.29, 1.82) is 0 Å². The highest BCUT2D eigenvalue weighted by atomic mass is 19.3. The monoisotopic (exact) mass is 360 g/mol. The first-order valence-corrected chi connectivity index (χ1v) is 7.76. The van der Waals surface area contributed by atoms with E-state index >= 15 is 0 Å². The third-order valence-corrected chi connectivity index (χ3v) is 3.37. The fourth-order valence-electron chi connectivity index (χ4n) is 2.19.